The molecule has 0 spiro atoms. The zero-order valence-electron chi connectivity index (χ0n) is 21.0. The largest absolute Gasteiger partial charge is 0.355 e. The Morgan fingerprint density at radius 1 is 1.05 bits per heavy atom. The van der Waals surface area contributed by atoms with E-state index in [0.29, 0.717) is 12.2 Å². The number of piperidine rings is 1. The van der Waals surface area contributed by atoms with E-state index in [4.69, 9.17) is 0 Å². The predicted molar refractivity (Wildman–Crippen MR) is 140 cm³/mol. The van der Waals surface area contributed by atoms with Gasteiger partial charge in [-0.1, -0.05) is 42.5 Å². The summed E-state index contributed by atoms with van der Waals surface area (Å²) in [6, 6.07) is 21.4. The Balaban J connectivity index is 1.33. The van der Waals surface area contributed by atoms with Gasteiger partial charge in [0.15, 0.2) is 11.5 Å². The molecular weight excluding hydrogens is 468 g/mol. The van der Waals surface area contributed by atoms with Crippen molar-refractivity contribution in [1.29, 1.82) is 0 Å². The van der Waals surface area contributed by atoms with E-state index in [9.17, 15) is 9.59 Å². The molecule has 4 aromatic rings. The maximum absolute atomic E-state index is 14.0. The monoisotopic (exact) mass is 498 g/mol. The number of benzene rings is 2. The van der Waals surface area contributed by atoms with Crippen molar-refractivity contribution in [3.63, 3.8) is 0 Å². The van der Waals surface area contributed by atoms with Crippen molar-refractivity contribution >= 4 is 29.0 Å². The zero-order chi connectivity index (χ0) is 25.8. The number of amides is 2. The summed E-state index contributed by atoms with van der Waals surface area (Å²) in [5.74, 6) is 0.736. The van der Waals surface area contributed by atoms with Crippen LogP contribution in [0.4, 0.5) is 11.5 Å². The molecule has 10 heteroatoms. The Bertz CT molecular complexity index is 1380. The van der Waals surface area contributed by atoms with E-state index in [2.05, 4.69) is 30.8 Å². The summed E-state index contributed by atoms with van der Waals surface area (Å²) < 4.78 is 1.42. The third-order valence-corrected chi connectivity index (χ3v) is 6.86. The molecule has 1 fully saturated rings. The fourth-order valence-electron chi connectivity index (χ4n) is 4.84. The lowest BCUT2D eigenvalue weighted by Crippen LogP contribution is -2.43. The molecule has 0 bridgehead atoms. The summed E-state index contributed by atoms with van der Waals surface area (Å²) in [6.07, 6.45) is 1.47. The van der Waals surface area contributed by atoms with Crippen LogP contribution in [-0.4, -0.2) is 55.1 Å². The molecule has 0 saturated carbocycles. The van der Waals surface area contributed by atoms with Crippen LogP contribution in [0.2, 0.25) is 0 Å². The highest BCUT2D eigenvalue weighted by atomic mass is 16.2. The van der Waals surface area contributed by atoms with E-state index in [1.807, 2.05) is 78.6 Å². The Kier molecular flexibility index (Phi) is 7.07. The maximum atomic E-state index is 14.0. The van der Waals surface area contributed by atoms with E-state index in [0.717, 1.165) is 48.6 Å². The van der Waals surface area contributed by atoms with E-state index in [-0.39, 0.29) is 23.8 Å². The Hall–Kier alpha value is -4.34. The summed E-state index contributed by atoms with van der Waals surface area (Å²) >= 11 is 0. The number of hydrogen-bond acceptors (Lipinski definition) is 7. The first-order chi connectivity index (χ1) is 18.0. The van der Waals surface area contributed by atoms with Crippen LogP contribution in [0, 0.1) is 5.92 Å². The molecule has 1 atom stereocenters. The zero-order valence-corrected chi connectivity index (χ0v) is 21.0. The minimum Gasteiger partial charge on any atom is -0.355 e. The molecule has 1 aliphatic heterocycles. The Morgan fingerprint density at radius 2 is 1.84 bits per heavy atom. The molecular formula is C27H30N8O2. The third-order valence-electron chi connectivity index (χ3n) is 6.86. The standard InChI is InChI=1S/C27H30N8O2/c1-19(23-9-6-10-24(17-23)28-20(2)36)34(18-21-7-4-3-5-8-21)27(37)22-13-15-33(16-14-22)26-12-11-25-29-31-32-35(25)30-26/h3-12,17,19,22H,13-16,18H2,1-2H3,(H,28,36). The first kappa shape index (κ1) is 24.4. The van der Waals surface area contributed by atoms with Gasteiger partial charge in [0.1, 0.15) is 0 Å². The number of carbonyl (C=O) groups excluding carboxylic acids is 2. The van der Waals surface area contributed by atoms with Crippen LogP contribution >= 0.6 is 0 Å². The highest BCUT2D eigenvalue weighted by Gasteiger charge is 2.32. The third kappa shape index (κ3) is 5.58. The maximum Gasteiger partial charge on any atom is 0.226 e. The first-order valence-electron chi connectivity index (χ1n) is 12.5. The summed E-state index contributed by atoms with van der Waals surface area (Å²) in [7, 11) is 0. The van der Waals surface area contributed by atoms with Gasteiger partial charge in [0.05, 0.1) is 6.04 Å². The minimum absolute atomic E-state index is 0.0855. The number of carbonyl (C=O) groups is 2. The lowest BCUT2D eigenvalue weighted by molar-refractivity contribution is -0.139. The number of aromatic nitrogens is 5. The topological polar surface area (TPSA) is 109 Å². The molecule has 1 saturated heterocycles. The van der Waals surface area contributed by atoms with Crippen LogP contribution < -0.4 is 10.2 Å². The molecule has 2 aromatic heterocycles. The van der Waals surface area contributed by atoms with Crippen molar-refractivity contribution in [1.82, 2.24) is 30.2 Å². The molecule has 5 rings (SSSR count). The van der Waals surface area contributed by atoms with Crippen LogP contribution in [0.3, 0.4) is 0 Å². The van der Waals surface area contributed by atoms with Gasteiger partial charge in [0, 0.05) is 38.2 Å². The van der Waals surface area contributed by atoms with E-state index >= 15 is 0 Å². The van der Waals surface area contributed by atoms with Gasteiger partial charge < -0.3 is 15.1 Å². The van der Waals surface area contributed by atoms with Gasteiger partial charge in [-0.05, 0) is 65.6 Å². The highest BCUT2D eigenvalue weighted by Crippen LogP contribution is 2.30. The molecule has 0 aliphatic carbocycles. The van der Waals surface area contributed by atoms with E-state index in [1.165, 1.54) is 11.6 Å². The summed E-state index contributed by atoms with van der Waals surface area (Å²) in [5, 5.41) is 18.8. The van der Waals surface area contributed by atoms with E-state index in [1.54, 1.807) is 0 Å². The van der Waals surface area contributed by atoms with Crippen LogP contribution in [0.5, 0.6) is 0 Å². The first-order valence-corrected chi connectivity index (χ1v) is 12.5. The van der Waals surface area contributed by atoms with Gasteiger partial charge in [0.25, 0.3) is 0 Å². The number of rotatable bonds is 7. The second-order valence-electron chi connectivity index (χ2n) is 9.41. The lowest BCUT2D eigenvalue weighted by Gasteiger charge is -2.37. The van der Waals surface area contributed by atoms with Crippen LogP contribution in [0.25, 0.3) is 5.65 Å². The molecule has 37 heavy (non-hydrogen) atoms. The van der Waals surface area contributed by atoms with Crippen LogP contribution in [0.15, 0.2) is 66.7 Å². The fourth-order valence-corrected chi connectivity index (χ4v) is 4.84. The number of tetrazole rings is 1. The van der Waals surface area contributed by atoms with Gasteiger partial charge in [-0.3, -0.25) is 9.59 Å². The van der Waals surface area contributed by atoms with Gasteiger partial charge in [-0.2, -0.15) is 0 Å². The van der Waals surface area contributed by atoms with Crippen molar-refractivity contribution in [2.75, 3.05) is 23.3 Å². The smallest absolute Gasteiger partial charge is 0.226 e. The minimum atomic E-state index is -0.164. The summed E-state index contributed by atoms with van der Waals surface area (Å²) in [4.78, 5) is 29.7. The lowest BCUT2D eigenvalue weighted by atomic mass is 9.93. The molecule has 0 radical (unpaired) electrons. The molecule has 1 N–H and O–H groups in total. The average molecular weight is 499 g/mol. The van der Waals surface area contributed by atoms with Crippen molar-refractivity contribution in [3.05, 3.63) is 77.9 Å². The van der Waals surface area contributed by atoms with Crippen molar-refractivity contribution in [3.8, 4) is 0 Å². The fraction of sp³-hybridized carbons (Fsp3) is 0.333. The quantitative estimate of drug-likeness (QED) is 0.415. The van der Waals surface area contributed by atoms with Crippen molar-refractivity contribution < 1.29 is 9.59 Å². The van der Waals surface area contributed by atoms with Gasteiger partial charge in [-0.25, -0.2) is 0 Å². The normalized spacial score (nSPS) is 14.9. The van der Waals surface area contributed by atoms with Crippen molar-refractivity contribution in [2.45, 2.75) is 39.3 Å². The number of nitrogens with one attached hydrogen (secondary N) is 1. The molecule has 2 aromatic carbocycles. The number of fused-ring (bicyclic) bond motifs is 1. The van der Waals surface area contributed by atoms with E-state index < -0.39 is 0 Å². The Morgan fingerprint density at radius 3 is 2.59 bits per heavy atom. The van der Waals surface area contributed by atoms with Gasteiger partial charge >= 0.3 is 0 Å². The second kappa shape index (κ2) is 10.7. The molecule has 1 aliphatic rings. The van der Waals surface area contributed by atoms with Crippen molar-refractivity contribution in [2.24, 2.45) is 5.92 Å². The summed E-state index contributed by atoms with van der Waals surface area (Å²) in [6.45, 7) is 5.51. The SMILES string of the molecule is CC(=O)Nc1cccc(C(C)N(Cc2ccccc2)C(=O)C2CCN(c3ccc4nnnn4n3)CC2)c1. The highest BCUT2D eigenvalue weighted by molar-refractivity contribution is 5.88. The van der Waals surface area contributed by atoms with Gasteiger partial charge in [0.2, 0.25) is 11.8 Å². The van der Waals surface area contributed by atoms with Crippen LogP contribution in [0.1, 0.15) is 43.9 Å². The molecule has 2 amide bonds. The summed E-state index contributed by atoms with van der Waals surface area (Å²) in [5.41, 5.74) is 3.38. The number of anilines is 2. The predicted octanol–water partition coefficient (Wildman–Crippen LogP) is 3.48. The molecule has 10 nitrogen and oxygen atoms in total. The number of nitrogens with zero attached hydrogens (tertiary/aromatic N) is 7. The molecule has 1 unspecified atom stereocenters. The second-order valence-corrected chi connectivity index (χ2v) is 9.41. The Labute approximate surface area is 215 Å². The van der Waals surface area contributed by atoms with Crippen LogP contribution in [-0.2, 0) is 16.1 Å². The number of hydrogen-bond donors (Lipinski definition) is 1. The molecule has 3 heterocycles. The average Bonchev–Trinajstić information content (AvgIpc) is 3.40. The van der Waals surface area contributed by atoms with Gasteiger partial charge in [-0.15, -0.1) is 14.8 Å². The molecule has 190 valence electrons.